The van der Waals surface area contributed by atoms with Crippen LogP contribution in [0, 0.1) is 0 Å². The van der Waals surface area contributed by atoms with Gasteiger partial charge in [0.2, 0.25) is 11.4 Å². The van der Waals surface area contributed by atoms with Crippen molar-refractivity contribution in [3.05, 3.63) is 54.1 Å². The molecule has 3 rings (SSSR count). The van der Waals surface area contributed by atoms with Crippen molar-refractivity contribution in [3.63, 3.8) is 0 Å². The Balaban J connectivity index is 1.86. The number of azo groups is 1. The molecule has 0 fully saturated rings. The van der Waals surface area contributed by atoms with Crippen molar-refractivity contribution in [3.8, 4) is 5.75 Å². The second-order valence-corrected chi connectivity index (χ2v) is 5.92. The number of fused-ring (bicyclic) bond motifs is 1. The molecule has 0 saturated heterocycles. The van der Waals surface area contributed by atoms with Gasteiger partial charge in [0.05, 0.1) is 17.3 Å². The van der Waals surface area contributed by atoms with Crippen molar-refractivity contribution in [2.75, 3.05) is 7.11 Å². The van der Waals surface area contributed by atoms with E-state index in [4.69, 9.17) is 9.47 Å². The maximum atomic E-state index is 11.3. The van der Waals surface area contributed by atoms with Crippen LogP contribution in [0.1, 0.15) is 18.7 Å². The van der Waals surface area contributed by atoms with Crippen LogP contribution < -0.4 is 4.74 Å². The minimum atomic E-state index is -0.819. The minimum absolute atomic E-state index is 0.431. The Bertz CT molecular complexity index is 841. The molecule has 0 spiro atoms. The number of ether oxygens (including phenoxy) is 2. The average Bonchev–Trinajstić information content (AvgIpc) is 3.01. The number of para-hydroxylation sites is 1. The molecule has 0 radical (unpaired) electrons. The van der Waals surface area contributed by atoms with Crippen molar-refractivity contribution >= 4 is 32.7 Å². The van der Waals surface area contributed by atoms with Gasteiger partial charge < -0.3 is 9.47 Å². The lowest BCUT2D eigenvalue weighted by Gasteiger charge is -2.11. The van der Waals surface area contributed by atoms with Crippen LogP contribution in [0.4, 0.5) is 5.13 Å². The standard InChI is InChI=1S/C17H15N3O3S/c1-11(21)23-16(12-7-9-13(22-2)10-8-12)19-20-17-18-14-5-3-4-6-15(14)24-17/h3-10,16H,1-2H3/b20-19+. The SMILES string of the molecule is COc1ccc(C(/N=N/c2nc3ccccc3s2)OC(C)=O)cc1. The number of aromatic nitrogens is 1. The molecule has 0 amide bonds. The zero-order valence-corrected chi connectivity index (χ0v) is 14.0. The molecule has 0 aliphatic heterocycles. The van der Waals surface area contributed by atoms with Crippen LogP contribution in [0.15, 0.2) is 58.8 Å². The molecule has 0 saturated carbocycles. The third-order valence-corrected chi connectivity index (χ3v) is 4.13. The van der Waals surface area contributed by atoms with E-state index in [0.29, 0.717) is 16.4 Å². The number of carbonyl (C=O) groups is 1. The number of methoxy groups -OCH3 is 1. The number of nitrogens with zero attached hydrogens (tertiary/aromatic N) is 3. The van der Waals surface area contributed by atoms with E-state index in [1.165, 1.54) is 18.3 Å². The summed E-state index contributed by atoms with van der Waals surface area (Å²) < 4.78 is 11.4. The lowest BCUT2D eigenvalue weighted by Crippen LogP contribution is -2.05. The van der Waals surface area contributed by atoms with E-state index in [0.717, 1.165) is 10.2 Å². The smallest absolute Gasteiger partial charge is 0.304 e. The summed E-state index contributed by atoms with van der Waals surface area (Å²) in [6.07, 6.45) is -0.819. The van der Waals surface area contributed by atoms with Crippen molar-refractivity contribution in [1.29, 1.82) is 0 Å². The summed E-state index contributed by atoms with van der Waals surface area (Å²) in [5, 5.41) is 8.80. The summed E-state index contributed by atoms with van der Waals surface area (Å²) >= 11 is 1.43. The Morgan fingerprint density at radius 3 is 2.58 bits per heavy atom. The largest absolute Gasteiger partial charge is 0.497 e. The van der Waals surface area contributed by atoms with Gasteiger partial charge in [0.1, 0.15) is 5.75 Å². The molecule has 0 aliphatic rings. The molecule has 3 aromatic rings. The highest BCUT2D eigenvalue weighted by Crippen LogP contribution is 2.30. The van der Waals surface area contributed by atoms with Gasteiger partial charge >= 0.3 is 5.97 Å². The molecule has 0 N–H and O–H groups in total. The normalized spacial score (nSPS) is 12.4. The van der Waals surface area contributed by atoms with Gasteiger partial charge in [-0.1, -0.05) is 23.5 Å². The number of esters is 1. The van der Waals surface area contributed by atoms with E-state index in [1.807, 2.05) is 24.3 Å². The molecular weight excluding hydrogens is 326 g/mol. The maximum Gasteiger partial charge on any atom is 0.304 e. The zero-order valence-electron chi connectivity index (χ0n) is 13.2. The summed E-state index contributed by atoms with van der Waals surface area (Å²) in [7, 11) is 1.59. The minimum Gasteiger partial charge on any atom is -0.497 e. The highest BCUT2D eigenvalue weighted by Gasteiger charge is 2.14. The Morgan fingerprint density at radius 1 is 1.17 bits per heavy atom. The second kappa shape index (κ2) is 7.18. The Hall–Kier alpha value is -2.80. The molecule has 7 heteroatoms. The van der Waals surface area contributed by atoms with Crippen molar-refractivity contribution in [1.82, 2.24) is 4.98 Å². The molecular formula is C17H15N3O3S. The van der Waals surface area contributed by atoms with Crippen LogP contribution in [0.25, 0.3) is 10.2 Å². The van der Waals surface area contributed by atoms with Crippen molar-refractivity contribution in [2.45, 2.75) is 13.2 Å². The quantitative estimate of drug-likeness (QED) is 0.500. The van der Waals surface area contributed by atoms with Crippen LogP contribution in [0.2, 0.25) is 0 Å². The van der Waals surface area contributed by atoms with Crippen LogP contribution >= 0.6 is 11.3 Å². The van der Waals surface area contributed by atoms with Crippen LogP contribution in [0.3, 0.4) is 0 Å². The highest BCUT2D eigenvalue weighted by atomic mass is 32.1. The van der Waals surface area contributed by atoms with Crippen LogP contribution in [0.5, 0.6) is 5.75 Å². The van der Waals surface area contributed by atoms with Gasteiger partial charge in [-0.15, -0.1) is 10.2 Å². The third-order valence-electron chi connectivity index (χ3n) is 3.21. The summed E-state index contributed by atoms with van der Waals surface area (Å²) in [4.78, 5) is 15.7. The van der Waals surface area contributed by atoms with Gasteiger partial charge in [-0.25, -0.2) is 4.98 Å². The number of hydrogen-bond acceptors (Lipinski definition) is 7. The van der Waals surface area contributed by atoms with Crippen LogP contribution in [-0.2, 0) is 9.53 Å². The number of thiazole rings is 1. The second-order valence-electron chi connectivity index (χ2n) is 4.91. The van der Waals surface area contributed by atoms with Crippen molar-refractivity contribution < 1.29 is 14.3 Å². The summed E-state index contributed by atoms with van der Waals surface area (Å²) in [5.74, 6) is 0.280. The first-order valence-electron chi connectivity index (χ1n) is 7.23. The molecule has 1 unspecified atom stereocenters. The Kier molecular flexibility index (Phi) is 4.81. The topological polar surface area (TPSA) is 73.1 Å². The first-order valence-corrected chi connectivity index (χ1v) is 8.05. The molecule has 2 aromatic carbocycles. The molecule has 1 heterocycles. The van der Waals surface area contributed by atoms with Crippen molar-refractivity contribution in [2.24, 2.45) is 10.2 Å². The molecule has 0 aliphatic carbocycles. The molecule has 24 heavy (non-hydrogen) atoms. The fourth-order valence-corrected chi connectivity index (χ4v) is 2.88. The fourth-order valence-electron chi connectivity index (χ4n) is 2.09. The van der Waals surface area contributed by atoms with E-state index in [-0.39, 0.29) is 0 Å². The highest BCUT2D eigenvalue weighted by molar-refractivity contribution is 7.21. The number of rotatable bonds is 5. The van der Waals surface area contributed by atoms with Gasteiger partial charge in [-0.3, -0.25) is 4.79 Å². The summed E-state index contributed by atoms with van der Waals surface area (Å²) in [6.45, 7) is 1.34. The Morgan fingerprint density at radius 2 is 1.92 bits per heavy atom. The molecule has 0 bridgehead atoms. The molecule has 6 nitrogen and oxygen atoms in total. The van der Waals surface area contributed by atoms with Gasteiger partial charge in [0.25, 0.3) is 0 Å². The van der Waals surface area contributed by atoms with E-state index < -0.39 is 12.2 Å². The monoisotopic (exact) mass is 341 g/mol. The molecule has 1 atom stereocenters. The predicted molar refractivity (Wildman–Crippen MR) is 91.6 cm³/mol. The van der Waals surface area contributed by atoms with E-state index in [2.05, 4.69) is 15.2 Å². The average molecular weight is 341 g/mol. The fraction of sp³-hybridized carbons (Fsp3) is 0.176. The summed E-state index contributed by atoms with van der Waals surface area (Å²) in [5.41, 5.74) is 1.57. The van der Waals surface area contributed by atoms with Crippen LogP contribution in [-0.4, -0.2) is 18.1 Å². The molecule has 122 valence electrons. The number of benzene rings is 2. The summed E-state index contributed by atoms with van der Waals surface area (Å²) in [6, 6.07) is 14.9. The molecule has 1 aromatic heterocycles. The third kappa shape index (κ3) is 3.75. The zero-order chi connectivity index (χ0) is 16.9. The maximum absolute atomic E-state index is 11.3. The lowest BCUT2D eigenvalue weighted by atomic mass is 10.2. The van der Waals surface area contributed by atoms with Gasteiger partial charge in [0, 0.05) is 12.5 Å². The van der Waals surface area contributed by atoms with Gasteiger partial charge in [0.15, 0.2) is 0 Å². The van der Waals surface area contributed by atoms with E-state index in [1.54, 1.807) is 31.4 Å². The number of hydrogen-bond donors (Lipinski definition) is 0. The van der Waals surface area contributed by atoms with E-state index >= 15 is 0 Å². The first kappa shape index (κ1) is 16.1. The lowest BCUT2D eigenvalue weighted by molar-refractivity contribution is -0.146. The van der Waals surface area contributed by atoms with Gasteiger partial charge in [-0.05, 0) is 36.4 Å². The Labute approximate surface area is 142 Å². The number of carbonyl (C=O) groups excluding carboxylic acids is 1. The van der Waals surface area contributed by atoms with E-state index in [9.17, 15) is 4.79 Å². The predicted octanol–water partition coefficient (Wildman–Crippen LogP) is 4.65. The van der Waals surface area contributed by atoms with Gasteiger partial charge in [-0.2, -0.15) is 0 Å². The first-order chi connectivity index (χ1) is 11.7.